The molecule has 3 saturated heterocycles. The molecule has 4 heterocycles. The van der Waals surface area contributed by atoms with Crippen molar-refractivity contribution < 1.29 is 23.5 Å². The Hall–Kier alpha value is -2.71. The van der Waals surface area contributed by atoms with E-state index in [1.54, 1.807) is 4.90 Å². The molecule has 3 aliphatic rings. The van der Waals surface area contributed by atoms with Crippen LogP contribution in [0.3, 0.4) is 0 Å². The Kier molecular flexibility index (Phi) is 4.51. The average molecular weight is 404 g/mol. The molecule has 0 bridgehead atoms. The summed E-state index contributed by atoms with van der Waals surface area (Å²) in [5.74, 6) is -1.49. The number of imide groups is 1. The highest BCUT2D eigenvalue weighted by atomic mass is 19.1. The van der Waals surface area contributed by atoms with Crippen molar-refractivity contribution in [2.45, 2.75) is 45.1 Å². The predicted molar refractivity (Wildman–Crippen MR) is 102 cm³/mol. The van der Waals surface area contributed by atoms with Gasteiger partial charge in [-0.25, -0.2) is 14.2 Å². The van der Waals surface area contributed by atoms with Gasteiger partial charge in [-0.3, -0.25) is 14.9 Å². The highest BCUT2D eigenvalue weighted by molar-refractivity contribution is 6.00. The first-order chi connectivity index (χ1) is 13.6. The molecule has 8 nitrogen and oxygen atoms in total. The summed E-state index contributed by atoms with van der Waals surface area (Å²) in [5, 5.41) is 2.28. The number of hydrogen-bond donors (Lipinski definition) is 1. The van der Waals surface area contributed by atoms with Gasteiger partial charge in [-0.15, -0.1) is 0 Å². The summed E-state index contributed by atoms with van der Waals surface area (Å²) in [7, 11) is 0. The lowest BCUT2D eigenvalue weighted by atomic mass is 9.73. The Labute approximate surface area is 168 Å². The lowest BCUT2D eigenvalue weighted by Gasteiger charge is -2.60. The first-order valence-corrected chi connectivity index (χ1v) is 9.77. The number of halogens is 1. The number of amides is 3. The minimum atomic E-state index is -0.555. The number of aromatic nitrogens is 1. The normalized spacial score (nSPS) is 23.4. The maximum absolute atomic E-state index is 14.7. The van der Waals surface area contributed by atoms with Gasteiger partial charge in [-0.1, -0.05) is 0 Å². The van der Waals surface area contributed by atoms with E-state index in [1.807, 2.05) is 25.7 Å². The highest BCUT2D eigenvalue weighted by Gasteiger charge is 2.54. The van der Waals surface area contributed by atoms with Gasteiger partial charge in [0.15, 0.2) is 11.6 Å². The molecule has 9 heteroatoms. The van der Waals surface area contributed by atoms with Gasteiger partial charge in [0.1, 0.15) is 5.60 Å². The topological polar surface area (TPSA) is 91.8 Å². The second-order valence-electron chi connectivity index (χ2n) is 9.27. The Morgan fingerprint density at radius 1 is 1.28 bits per heavy atom. The number of piperidine rings is 1. The maximum Gasteiger partial charge on any atom is 0.410 e. The zero-order valence-electron chi connectivity index (χ0n) is 16.8. The van der Waals surface area contributed by atoms with Crippen LogP contribution in [0.1, 0.15) is 45.1 Å². The van der Waals surface area contributed by atoms with Crippen molar-refractivity contribution in [2.75, 3.05) is 31.1 Å². The van der Waals surface area contributed by atoms with Crippen molar-refractivity contribution in [3.05, 3.63) is 23.6 Å². The number of anilines is 1. The number of carbonyl (C=O) groups is 3. The molecule has 156 valence electrons. The molecule has 1 unspecified atom stereocenters. The molecule has 0 radical (unpaired) electrons. The Bertz CT molecular complexity index is 868. The molecule has 1 atom stereocenters. The third-order valence-corrected chi connectivity index (χ3v) is 5.54. The molecule has 1 aromatic heterocycles. The third kappa shape index (κ3) is 3.77. The van der Waals surface area contributed by atoms with Crippen LogP contribution in [0.5, 0.6) is 0 Å². The van der Waals surface area contributed by atoms with Crippen LogP contribution in [0, 0.1) is 11.2 Å². The monoisotopic (exact) mass is 404 g/mol. The number of nitrogens with one attached hydrogen (secondary N) is 1. The third-order valence-electron chi connectivity index (χ3n) is 5.54. The minimum absolute atomic E-state index is 0.0344. The smallest absolute Gasteiger partial charge is 0.410 e. The maximum atomic E-state index is 14.7. The largest absolute Gasteiger partial charge is 0.444 e. The fourth-order valence-corrected chi connectivity index (χ4v) is 4.21. The summed E-state index contributed by atoms with van der Waals surface area (Å²) in [5.41, 5.74) is -0.0814. The molecule has 3 amide bonds. The molecule has 0 aromatic carbocycles. The van der Waals surface area contributed by atoms with E-state index in [2.05, 4.69) is 10.3 Å². The van der Waals surface area contributed by atoms with Gasteiger partial charge in [0.2, 0.25) is 11.8 Å². The van der Waals surface area contributed by atoms with Crippen molar-refractivity contribution >= 4 is 23.7 Å². The molecule has 1 aromatic rings. The molecule has 1 N–H and O–H groups in total. The van der Waals surface area contributed by atoms with Crippen LogP contribution >= 0.6 is 0 Å². The van der Waals surface area contributed by atoms with Crippen LogP contribution in [0.25, 0.3) is 0 Å². The molecule has 0 aliphatic carbocycles. The summed E-state index contributed by atoms with van der Waals surface area (Å²) in [4.78, 5) is 43.1. The van der Waals surface area contributed by atoms with E-state index < -0.39 is 23.2 Å². The van der Waals surface area contributed by atoms with E-state index >= 15 is 0 Å². The van der Waals surface area contributed by atoms with Gasteiger partial charge in [0.25, 0.3) is 0 Å². The van der Waals surface area contributed by atoms with Crippen molar-refractivity contribution in [1.29, 1.82) is 0 Å². The summed E-state index contributed by atoms with van der Waals surface area (Å²) >= 11 is 0. The van der Waals surface area contributed by atoms with Crippen LogP contribution in [0.2, 0.25) is 0 Å². The van der Waals surface area contributed by atoms with E-state index in [-0.39, 0.29) is 29.7 Å². The van der Waals surface area contributed by atoms with Gasteiger partial charge < -0.3 is 14.5 Å². The molecule has 0 saturated carbocycles. The molecule has 3 aliphatic heterocycles. The van der Waals surface area contributed by atoms with Crippen molar-refractivity contribution in [3.8, 4) is 0 Å². The van der Waals surface area contributed by atoms with E-state index in [4.69, 9.17) is 4.74 Å². The predicted octanol–water partition coefficient (Wildman–Crippen LogP) is 1.80. The Balaban J connectivity index is 1.34. The molecular formula is C20H25FN4O4. The Morgan fingerprint density at radius 3 is 2.55 bits per heavy atom. The molecule has 3 fully saturated rings. The number of nitrogens with zero attached hydrogens (tertiary/aromatic N) is 3. The SMILES string of the molecule is CC(C)(C)OC(=O)N1CC2(C1)CN(c1ncc(C3CCC(=O)NC3=O)cc1F)C2. The fraction of sp³-hybridized carbons (Fsp3) is 0.600. The number of hydrogen-bond acceptors (Lipinski definition) is 6. The van der Waals surface area contributed by atoms with E-state index in [0.717, 1.165) is 0 Å². The summed E-state index contributed by atoms with van der Waals surface area (Å²) in [6.45, 7) is 7.92. The zero-order chi connectivity index (χ0) is 21.0. The van der Waals surface area contributed by atoms with Crippen molar-refractivity contribution in [1.82, 2.24) is 15.2 Å². The summed E-state index contributed by atoms with van der Waals surface area (Å²) in [6.07, 6.45) is 1.79. The molecule has 29 heavy (non-hydrogen) atoms. The number of carbonyl (C=O) groups excluding carboxylic acids is 3. The number of rotatable bonds is 2. The molecule has 4 rings (SSSR count). The van der Waals surface area contributed by atoms with Gasteiger partial charge >= 0.3 is 6.09 Å². The van der Waals surface area contributed by atoms with Gasteiger partial charge in [0, 0.05) is 44.2 Å². The highest BCUT2D eigenvalue weighted by Crippen LogP contribution is 2.42. The van der Waals surface area contributed by atoms with Gasteiger partial charge in [-0.2, -0.15) is 0 Å². The van der Waals surface area contributed by atoms with Crippen LogP contribution in [-0.2, 0) is 14.3 Å². The van der Waals surface area contributed by atoms with Crippen molar-refractivity contribution in [2.24, 2.45) is 5.41 Å². The van der Waals surface area contributed by atoms with E-state index in [9.17, 15) is 18.8 Å². The average Bonchev–Trinajstić information content (AvgIpc) is 2.51. The minimum Gasteiger partial charge on any atom is -0.444 e. The fourth-order valence-electron chi connectivity index (χ4n) is 4.21. The lowest BCUT2D eigenvalue weighted by molar-refractivity contribution is -0.134. The number of likely N-dealkylation sites (tertiary alicyclic amines) is 1. The zero-order valence-corrected chi connectivity index (χ0v) is 16.8. The second kappa shape index (κ2) is 6.67. The first-order valence-electron chi connectivity index (χ1n) is 9.77. The number of ether oxygens (including phenoxy) is 1. The summed E-state index contributed by atoms with van der Waals surface area (Å²) < 4.78 is 20.0. The van der Waals surface area contributed by atoms with Crippen LogP contribution in [0.15, 0.2) is 12.3 Å². The van der Waals surface area contributed by atoms with Crippen LogP contribution in [0.4, 0.5) is 15.0 Å². The molecule has 1 spiro atoms. The molecular weight excluding hydrogens is 379 g/mol. The quantitative estimate of drug-likeness (QED) is 0.756. The Morgan fingerprint density at radius 2 is 1.97 bits per heavy atom. The second-order valence-corrected chi connectivity index (χ2v) is 9.27. The lowest BCUT2D eigenvalue weighted by Crippen LogP contribution is -2.73. The number of pyridine rings is 1. The van der Waals surface area contributed by atoms with E-state index in [1.165, 1.54) is 12.3 Å². The first kappa shape index (κ1) is 19.6. The van der Waals surface area contributed by atoms with Gasteiger partial charge in [0.05, 0.1) is 5.92 Å². The summed E-state index contributed by atoms with van der Waals surface area (Å²) in [6, 6.07) is 1.33. The van der Waals surface area contributed by atoms with Crippen LogP contribution in [-0.4, -0.2) is 59.6 Å². The standard InChI is InChI=1S/C20H25FN4O4/c1-19(2,3)29-18(28)25-10-20(11-25)8-24(9-20)16-14(21)6-12(7-22-16)13-4-5-15(26)23-17(13)27/h6-7,13H,4-5,8-11H2,1-3H3,(H,23,26,27). The van der Waals surface area contributed by atoms with Crippen molar-refractivity contribution in [3.63, 3.8) is 0 Å². The van der Waals surface area contributed by atoms with Gasteiger partial charge in [-0.05, 0) is 38.8 Å². The van der Waals surface area contributed by atoms with Crippen LogP contribution < -0.4 is 10.2 Å². The van der Waals surface area contributed by atoms with E-state index in [0.29, 0.717) is 38.2 Å².